The summed E-state index contributed by atoms with van der Waals surface area (Å²) in [6.07, 6.45) is 5.67. The van der Waals surface area contributed by atoms with Crippen LogP contribution in [0.3, 0.4) is 0 Å². The van der Waals surface area contributed by atoms with Crippen molar-refractivity contribution < 1.29 is 4.79 Å². The molecule has 134 valence electrons. The number of aromatic nitrogens is 4. The van der Waals surface area contributed by atoms with E-state index >= 15 is 0 Å². The highest BCUT2D eigenvalue weighted by Crippen LogP contribution is 2.23. The molecule has 0 radical (unpaired) electrons. The van der Waals surface area contributed by atoms with Gasteiger partial charge in [-0.1, -0.05) is 6.92 Å². The molecule has 4 rings (SSSR count). The van der Waals surface area contributed by atoms with Crippen LogP contribution in [0.25, 0.3) is 22.3 Å². The summed E-state index contributed by atoms with van der Waals surface area (Å²) in [5.41, 5.74) is 4.11. The molecule has 1 aliphatic rings. The lowest BCUT2D eigenvalue weighted by Gasteiger charge is -2.19. The second kappa shape index (κ2) is 7.21. The Morgan fingerprint density at radius 3 is 2.96 bits per heavy atom. The topological polar surface area (TPSA) is 86.8 Å². The normalized spacial score (nSPS) is 15.2. The van der Waals surface area contributed by atoms with E-state index in [0.29, 0.717) is 12.2 Å². The highest BCUT2D eigenvalue weighted by atomic mass is 16.2. The van der Waals surface area contributed by atoms with Crippen molar-refractivity contribution in [3.8, 4) is 11.3 Å². The van der Waals surface area contributed by atoms with Gasteiger partial charge in [0.1, 0.15) is 5.65 Å². The fourth-order valence-corrected chi connectivity index (χ4v) is 3.30. The summed E-state index contributed by atoms with van der Waals surface area (Å²) >= 11 is 0. The largest absolute Gasteiger partial charge is 0.346 e. The van der Waals surface area contributed by atoms with Crippen LogP contribution in [0.4, 0.5) is 0 Å². The minimum Gasteiger partial charge on any atom is -0.346 e. The van der Waals surface area contributed by atoms with Gasteiger partial charge in [-0.3, -0.25) is 4.79 Å². The van der Waals surface area contributed by atoms with E-state index in [0.717, 1.165) is 54.8 Å². The molecule has 26 heavy (non-hydrogen) atoms. The van der Waals surface area contributed by atoms with E-state index in [1.165, 1.54) is 5.56 Å². The first-order valence-corrected chi connectivity index (χ1v) is 9.06. The Hall–Kier alpha value is -2.80. The van der Waals surface area contributed by atoms with Crippen LogP contribution < -0.4 is 5.32 Å². The standard InChI is InChI=1S/C19H22N6O/c1-2-13-11-21-18-15(13)10-14(12-22-18)16-4-5-17(24-23-16)19(26)25-8-3-6-20-7-9-25/h4-5,10-12,20H,2-3,6-9H2,1H3,(H,21,22). The first kappa shape index (κ1) is 16.7. The number of nitrogens with zero attached hydrogens (tertiary/aromatic N) is 4. The molecule has 7 heteroatoms. The van der Waals surface area contributed by atoms with Crippen LogP contribution in [0.5, 0.6) is 0 Å². The molecular weight excluding hydrogens is 328 g/mol. The number of rotatable bonds is 3. The van der Waals surface area contributed by atoms with Crippen molar-refractivity contribution in [2.24, 2.45) is 0 Å². The molecule has 0 saturated carbocycles. The molecule has 2 N–H and O–H groups in total. The summed E-state index contributed by atoms with van der Waals surface area (Å²) in [6, 6.07) is 5.67. The number of amides is 1. The second-order valence-electron chi connectivity index (χ2n) is 6.49. The summed E-state index contributed by atoms with van der Waals surface area (Å²) in [5.74, 6) is -0.0553. The lowest BCUT2D eigenvalue weighted by molar-refractivity contribution is 0.0759. The van der Waals surface area contributed by atoms with Gasteiger partial charge in [-0.2, -0.15) is 0 Å². The van der Waals surface area contributed by atoms with Crippen molar-refractivity contribution in [1.29, 1.82) is 0 Å². The molecule has 1 amide bonds. The molecule has 0 unspecified atom stereocenters. The molecule has 1 fully saturated rings. The molecular formula is C19H22N6O. The quantitative estimate of drug-likeness (QED) is 0.755. The van der Waals surface area contributed by atoms with Gasteiger partial charge < -0.3 is 15.2 Å². The number of pyridine rings is 1. The third kappa shape index (κ3) is 3.17. The molecule has 3 aromatic heterocycles. The Kier molecular flexibility index (Phi) is 4.62. The van der Waals surface area contributed by atoms with Crippen molar-refractivity contribution >= 4 is 16.9 Å². The zero-order chi connectivity index (χ0) is 17.9. The van der Waals surface area contributed by atoms with Gasteiger partial charge in [0.2, 0.25) is 0 Å². The molecule has 7 nitrogen and oxygen atoms in total. The number of carbonyl (C=O) groups excluding carboxylic acids is 1. The summed E-state index contributed by atoms with van der Waals surface area (Å²) in [6.45, 7) is 5.34. The SMILES string of the molecule is CCc1c[nH]c2ncc(-c3ccc(C(=O)N4CCCNCC4)nn3)cc12. The van der Waals surface area contributed by atoms with Crippen LogP contribution in [-0.4, -0.2) is 57.2 Å². The Morgan fingerprint density at radius 2 is 2.15 bits per heavy atom. The van der Waals surface area contributed by atoms with Crippen molar-refractivity contribution in [3.05, 3.63) is 41.9 Å². The minimum atomic E-state index is -0.0553. The monoisotopic (exact) mass is 350 g/mol. The molecule has 0 aliphatic carbocycles. The Labute approximate surface area is 151 Å². The number of hydrogen-bond donors (Lipinski definition) is 2. The Balaban J connectivity index is 1.58. The maximum absolute atomic E-state index is 12.6. The zero-order valence-electron chi connectivity index (χ0n) is 14.8. The molecule has 1 saturated heterocycles. The lowest BCUT2D eigenvalue weighted by atomic mass is 10.1. The van der Waals surface area contributed by atoms with Crippen LogP contribution in [-0.2, 0) is 6.42 Å². The number of aromatic amines is 1. The van der Waals surface area contributed by atoms with Crippen molar-refractivity contribution in [2.75, 3.05) is 26.2 Å². The van der Waals surface area contributed by atoms with Crippen molar-refractivity contribution in [1.82, 2.24) is 30.4 Å². The third-order valence-electron chi connectivity index (χ3n) is 4.80. The molecule has 0 aromatic carbocycles. The minimum absolute atomic E-state index is 0.0553. The number of hydrogen-bond acceptors (Lipinski definition) is 5. The van der Waals surface area contributed by atoms with E-state index in [1.807, 2.05) is 17.2 Å². The zero-order valence-corrected chi connectivity index (χ0v) is 14.8. The molecule has 3 aromatic rings. The van der Waals surface area contributed by atoms with E-state index in [-0.39, 0.29) is 5.91 Å². The van der Waals surface area contributed by atoms with E-state index in [1.54, 1.807) is 12.3 Å². The predicted octanol–water partition coefficient (Wildman–Crippen LogP) is 2.02. The van der Waals surface area contributed by atoms with Crippen LogP contribution in [0.15, 0.2) is 30.6 Å². The first-order valence-electron chi connectivity index (χ1n) is 9.06. The summed E-state index contributed by atoms with van der Waals surface area (Å²) in [5, 5.41) is 12.8. The molecule has 0 atom stereocenters. The van der Waals surface area contributed by atoms with Gasteiger partial charge in [-0.05, 0) is 43.1 Å². The maximum atomic E-state index is 12.6. The maximum Gasteiger partial charge on any atom is 0.274 e. The highest BCUT2D eigenvalue weighted by molar-refractivity contribution is 5.92. The lowest BCUT2D eigenvalue weighted by Crippen LogP contribution is -2.34. The number of H-pyrrole nitrogens is 1. The second-order valence-corrected chi connectivity index (χ2v) is 6.49. The first-order chi connectivity index (χ1) is 12.8. The smallest absolute Gasteiger partial charge is 0.274 e. The third-order valence-corrected chi connectivity index (χ3v) is 4.80. The molecule has 0 bridgehead atoms. The van der Waals surface area contributed by atoms with E-state index in [2.05, 4.69) is 38.5 Å². The molecule has 4 heterocycles. The number of carbonyl (C=O) groups is 1. The molecule has 0 spiro atoms. The van der Waals surface area contributed by atoms with Crippen LogP contribution >= 0.6 is 0 Å². The highest BCUT2D eigenvalue weighted by Gasteiger charge is 2.19. The van der Waals surface area contributed by atoms with Gasteiger partial charge >= 0.3 is 0 Å². The Bertz CT molecular complexity index is 909. The summed E-state index contributed by atoms with van der Waals surface area (Å²) in [4.78, 5) is 22.1. The Morgan fingerprint density at radius 1 is 1.23 bits per heavy atom. The van der Waals surface area contributed by atoms with E-state index in [4.69, 9.17) is 0 Å². The van der Waals surface area contributed by atoms with Crippen molar-refractivity contribution in [3.63, 3.8) is 0 Å². The van der Waals surface area contributed by atoms with Gasteiger partial charge in [0.25, 0.3) is 5.91 Å². The number of nitrogens with one attached hydrogen (secondary N) is 2. The van der Waals surface area contributed by atoms with Crippen molar-refractivity contribution in [2.45, 2.75) is 19.8 Å². The molecule has 1 aliphatic heterocycles. The summed E-state index contributed by atoms with van der Waals surface area (Å²) < 4.78 is 0. The number of aryl methyl sites for hydroxylation is 1. The average molecular weight is 350 g/mol. The fraction of sp³-hybridized carbons (Fsp3) is 0.368. The van der Waals surface area contributed by atoms with Crippen LogP contribution in [0.2, 0.25) is 0 Å². The average Bonchev–Trinajstić information content (AvgIpc) is 2.90. The fourth-order valence-electron chi connectivity index (χ4n) is 3.30. The van der Waals surface area contributed by atoms with E-state index in [9.17, 15) is 4.79 Å². The van der Waals surface area contributed by atoms with Gasteiger partial charge in [0, 0.05) is 43.0 Å². The van der Waals surface area contributed by atoms with E-state index < -0.39 is 0 Å². The summed E-state index contributed by atoms with van der Waals surface area (Å²) in [7, 11) is 0. The number of fused-ring (bicyclic) bond motifs is 1. The van der Waals surface area contributed by atoms with Gasteiger partial charge in [-0.15, -0.1) is 10.2 Å². The van der Waals surface area contributed by atoms with Crippen LogP contribution in [0, 0.1) is 0 Å². The van der Waals surface area contributed by atoms with Gasteiger partial charge in [0.15, 0.2) is 5.69 Å². The van der Waals surface area contributed by atoms with Gasteiger partial charge in [0.05, 0.1) is 5.69 Å². The van der Waals surface area contributed by atoms with Gasteiger partial charge in [-0.25, -0.2) is 4.98 Å². The predicted molar refractivity (Wildman–Crippen MR) is 99.9 cm³/mol. The van der Waals surface area contributed by atoms with Crippen LogP contribution in [0.1, 0.15) is 29.4 Å².